The summed E-state index contributed by atoms with van der Waals surface area (Å²) in [5, 5.41) is 0. The number of hydrogen-bond donors (Lipinski definition) is 0. The summed E-state index contributed by atoms with van der Waals surface area (Å²) in [5.74, 6) is 0.355. The Hall–Kier alpha value is -1.75. The number of anilines is 1. The molecule has 0 aromatic heterocycles. The highest BCUT2D eigenvalue weighted by molar-refractivity contribution is 6.17. The van der Waals surface area contributed by atoms with Crippen LogP contribution in [0.5, 0.6) is 0 Å². The van der Waals surface area contributed by atoms with E-state index in [1.165, 1.54) is 20.0 Å². The van der Waals surface area contributed by atoms with Crippen molar-refractivity contribution in [2.45, 2.75) is 19.3 Å². The number of methoxy groups -OCH3 is 1. The minimum absolute atomic E-state index is 0.275. The quantitative estimate of drug-likeness (QED) is 0.472. The van der Waals surface area contributed by atoms with Crippen molar-refractivity contribution in [2.24, 2.45) is 5.92 Å². The van der Waals surface area contributed by atoms with E-state index in [4.69, 9.17) is 4.74 Å². The van der Waals surface area contributed by atoms with Crippen molar-refractivity contribution in [1.82, 2.24) is 4.90 Å². The van der Waals surface area contributed by atoms with Crippen molar-refractivity contribution in [3.63, 3.8) is 0 Å². The molecule has 0 amide bonds. The summed E-state index contributed by atoms with van der Waals surface area (Å²) in [7, 11) is 7.66. The van der Waals surface area contributed by atoms with Gasteiger partial charge in [-0.3, -0.25) is 0 Å². The molecular weight excluding hydrogens is 287 g/mol. The predicted molar refractivity (Wildman–Crippen MR) is 98.2 cm³/mol. The van der Waals surface area contributed by atoms with Gasteiger partial charge in [-0.25, -0.2) is 4.79 Å². The molecule has 124 valence electrons. The third-order valence-corrected chi connectivity index (χ3v) is 4.57. The lowest BCUT2D eigenvalue weighted by molar-refractivity contribution is -0.134. The molecule has 1 aromatic carbocycles. The minimum Gasteiger partial charge on any atom is -0.466 e. The Morgan fingerprint density at radius 2 is 2.13 bits per heavy atom. The van der Waals surface area contributed by atoms with Gasteiger partial charge in [-0.05, 0) is 75.6 Å². The van der Waals surface area contributed by atoms with E-state index in [2.05, 4.69) is 35.0 Å². The van der Waals surface area contributed by atoms with Gasteiger partial charge in [0.2, 0.25) is 7.98 Å². The van der Waals surface area contributed by atoms with Crippen LogP contribution in [0.15, 0.2) is 30.3 Å². The standard InChI is InChI=1S/C18H27BN2O2/c1-20-9-7-14(8-10-20)11-16(13-18(22)23-3)15-5-4-6-17(12-15)21(2)19/h4-6,12-14H,7-11,19H2,1-3H3/b16-13-. The van der Waals surface area contributed by atoms with Crippen LogP contribution in [-0.2, 0) is 9.53 Å². The lowest BCUT2D eigenvalue weighted by Crippen LogP contribution is -2.30. The van der Waals surface area contributed by atoms with Gasteiger partial charge < -0.3 is 14.4 Å². The molecule has 0 spiro atoms. The van der Waals surface area contributed by atoms with Crippen LogP contribution in [0.25, 0.3) is 5.57 Å². The highest BCUT2D eigenvalue weighted by Gasteiger charge is 2.19. The van der Waals surface area contributed by atoms with Crippen molar-refractivity contribution in [3.05, 3.63) is 35.9 Å². The van der Waals surface area contributed by atoms with E-state index in [9.17, 15) is 4.79 Å². The summed E-state index contributed by atoms with van der Waals surface area (Å²) in [6.45, 7) is 2.27. The zero-order valence-corrected chi connectivity index (χ0v) is 14.7. The molecule has 1 aliphatic rings. The second-order valence-corrected chi connectivity index (χ2v) is 6.59. The Bertz CT molecular complexity index is 564. The van der Waals surface area contributed by atoms with Crippen molar-refractivity contribution >= 4 is 25.2 Å². The summed E-state index contributed by atoms with van der Waals surface area (Å²) in [4.78, 5) is 16.2. The van der Waals surface area contributed by atoms with Gasteiger partial charge in [-0.15, -0.1) is 0 Å². The van der Waals surface area contributed by atoms with Gasteiger partial charge in [0, 0.05) is 11.8 Å². The second-order valence-electron chi connectivity index (χ2n) is 6.59. The smallest absolute Gasteiger partial charge is 0.330 e. The molecule has 1 heterocycles. The fourth-order valence-electron chi connectivity index (χ4n) is 3.02. The van der Waals surface area contributed by atoms with Crippen molar-refractivity contribution < 1.29 is 9.53 Å². The maximum Gasteiger partial charge on any atom is 0.330 e. The predicted octanol–water partition coefficient (Wildman–Crippen LogP) is 1.96. The summed E-state index contributed by atoms with van der Waals surface area (Å²) < 4.78 is 4.85. The second kappa shape index (κ2) is 8.20. The first-order valence-corrected chi connectivity index (χ1v) is 8.24. The highest BCUT2D eigenvalue weighted by atomic mass is 16.5. The van der Waals surface area contributed by atoms with Gasteiger partial charge in [0.25, 0.3) is 0 Å². The fraction of sp³-hybridized carbons (Fsp3) is 0.500. The van der Waals surface area contributed by atoms with Gasteiger partial charge in [-0.1, -0.05) is 12.1 Å². The van der Waals surface area contributed by atoms with Crippen LogP contribution in [-0.4, -0.2) is 53.1 Å². The monoisotopic (exact) mass is 314 g/mol. The van der Waals surface area contributed by atoms with E-state index < -0.39 is 0 Å². The van der Waals surface area contributed by atoms with Crippen molar-refractivity contribution in [3.8, 4) is 0 Å². The fourth-order valence-corrected chi connectivity index (χ4v) is 3.02. The van der Waals surface area contributed by atoms with Crippen LogP contribution in [0.3, 0.4) is 0 Å². The molecule has 4 nitrogen and oxygen atoms in total. The van der Waals surface area contributed by atoms with Gasteiger partial charge >= 0.3 is 5.97 Å². The molecule has 1 saturated heterocycles. The summed E-state index contributed by atoms with van der Waals surface area (Å²) in [5.41, 5.74) is 3.33. The molecule has 0 atom stereocenters. The number of allylic oxidation sites excluding steroid dienone is 1. The average Bonchev–Trinajstić information content (AvgIpc) is 2.56. The van der Waals surface area contributed by atoms with Gasteiger partial charge in [0.05, 0.1) is 7.11 Å². The molecule has 23 heavy (non-hydrogen) atoms. The summed E-state index contributed by atoms with van der Waals surface area (Å²) in [6, 6.07) is 8.35. The van der Waals surface area contributed by atoms with Crippen LogP contribution < -0.4 is 4.81 Å². The van der Waals surface area contributed by atoms with Gasteiger partial charge in [0.1, 0.15) is 0 Å². The van der Waals surface area contributed by atoms with Crippen molar-refractivity contribution in [2.75, 3.05) is 39.1 Å². The zero-order valence-electron chi connectivity index (χ0n) is 14.7. The molecule has 0 N–H and O–H groups in total. The average molecular weight is 314 g/mol. The number of ether oxygens (including phenoxy) is 1. The SMILES string of the molecule is BN(C)c1cccc(/C(=C\C(=O)OC)CC2CCN(C)CC2)c1. The molecule has 2 rings (SSSR count). The molecule has 0 unspecified atom stereocenters. The Balaban J connectivity index is 2.22. The molecule has 0 radical (unpaired) electrons. The van der Waals surface area contributed by atoms with E-state index >= 15 is 0 Å². The Morgan fingerprint density at radius 1 is 1.43 bits per heavy atom. The van der Waals surface area contributed by atoms with E-state index in [0.717, 1.165) is 36.3 Å². The first-order chi connectivity index (χ1) is 11.0. The van der Waals surface area contributed by atoms with Crippen LogP contribution in [0, 0.1) is 5.92 Å². The Kier molecular flexibility index (Phi) is 6.28. The molecule has 1 aromatic rings. The van der Waals surface area contributed by atoms with Crippen LogP contribution >= 0.6 is 0 Å². The minimum atomic E-state index is -0.275. The molecule has 1 aliphatic heterocycles. The third-order valence-electron chi connectivity index (χ3n) is 4.57. The number of hydrogen-bond acceptors (Lipinski definition) is 4. The summed E-state index contributed by atoms with van der Waals surface area (Å²) in [6.07, 6.45) is 4.96. The molecular formula is C18H27BN2O2. The zero-order chi connectivity index (χ0) is 16.8. The number of carbonyl (C=O) groups excluding carboxylic acids is 1. The lowest BCUT2D eigenvalue weighted by atomic mass is 9.87. The topological polar surface area (TPSA) is 32.8 Å². The van der Waals surface area contributed by atoms with Gasteiger partial charge in [-0.2, -0.15) is 0 Å². The molecule has 0 aliphatic carbocycles. The number of benzene rings is 1. The molecule has 5 heteroatoms. The van der Waals surface area contributed by atoms with Gasteiger partial charge in [0.15, 0.2) is 0 Å². The Labute approximate surface area is 140 Å². The van der Waals surface area contributed by atoms with E-state index in [1.807, 2.05) is 21.1 Å². The van der Waals surface area contributed by atoms with E-state index in [1.54, 1.807) is 6.08 Å². The molecule has 1 fully saturated rings. The van der Waals surface area contributed by atoms with Crippen molar-refractivity contribution in [1.29, 1.82) is 0 Å². The number of nitrogens with zero attached hydrogens (tertiary/aromatic N) is 2. The number of rotatable bonds is 5. The largest absolute Gasteiger partial charge is 0.466 e. The van der Waals surface area contributed by atoms with E-state index in [-0.39, 0.29) is 5.97 Å². The first kappa shape index (κ1) is 17.6. The Morgan fingerprint density at radius 3 is 2.74 bits per heavy atom. The highest BCUT2D eigenvalue weighted by Crippen LogP contribution is 2.30. The lowest BCUT2D eigenvalue weighted by Gasteiger charge is -2.29. The molecule has 0 saturated carbocycles. The number of piperidine rings is 1. The van der Waals surface area contributed by atoms with Crippen LogP contribution in [0.4, 0.5) is 5.69 Å². The van der Waals surface area contributed by atoms with Crippen LogP contribution in [0.2, 0.25) is 0 Å². The number of likely N-dealkylation sites (tertiary alicyclic amines) is 1. The summed E-state index contributed by atoms with van der Waals surface area (Å²) >= 11 is 0. The normalized spacial score (nSPS) is 17.1. The van der Waals surface area contributed by atoms with E-state index in [0.29, 0.717) is 5.92 Å². The third kappa shape index (κ3) is 5.14. The number of carbonyl (C=O) groups is 1. The first-order valence-electron chi connectivity index (χ1n) is 8.24. The molecule has 0 bridgehead atoms. The number of esters is 1. The maximum atomic E-state index is 11.8. The van der Waals surface area contributed by atoms with Crippen LogP contribution in [0.1, 0.15) is 24.8 Å². The maximum absolute atomic E-state index is 11.8.